The Bertz CT molecular complexity index is 674. The number of likely N-dealkylation sites (tertiary alicyclic amines) is 1. The molecule has 0 atom stereocenters. The normalized spacial score (nSPS) is 15.1. The van der Waals surface area contributed by atoms with E-state index < -0.39 is 11.5 Å². The molecule has 8 nitrogen and oxygen atoms in total. The van der Waals surface area contributed by atoms with Crippen molar-refractivity contribution in [2.45, 2.75) is 51.8 Å². The fourth-order valence-corrected chi connectivity index (χ4v) is 2.74. The molecule has 1 aromatic rings. The molecule has 0 saturated carbocycles. The predicted octanol–water partition coefficient (Wildman–Crippen LogP) is 1.98. The molecular formula is C19H28N4O4. The topological polar surface area (TPSA) is 114 Å². The van der Waals surface area contributed by atoms with Gasteiger partial charge in [-0.25, -0.2) is 9.59 Å². The molecule has 8 heteroatoms. The highest BCUT2D eigenvalue weighted by Gasteiger charge is 2.27. The second-order valence-electron chi connectivity index (χ2n) is 7.63. The van der Waals surface area contributed by atoms with E-state index in [0.717, 1.165) is 5.56 Å². The second kappa shape index (κ2) is 8.75. The number of carbonyl (C=O) groups excluding carboxylic acids is 3. The second-order valence-corrected chi connectivity index (χ2v) is 7.63. The van der Waals surface area contributed by atoms with Crippen LogP contribution in [-0.2, 0) is 11.3 Å². The number of nitrogens with two attached hydrogens (primary N) is 1. The number of ether oxygens (including phenoxy) is 1. The highest BCUT2D eigenvalue weighted by atomic mass is 16.6. The van der Waals surface area contributed by atoms with Crippen LogP contribution in [0.1, 0.15) is 49.5 Å². The van der Waals surface area contributed by atoms with Gasteiger partial charge in [0, 0.05) is 31.2 Å². The fraction of sp³-hybridized carbons (Fsp3) is 0.526. The maximum Gasteiger partial charge on any atom is 0.410 e. The number of primary amides is 1. The Morgan fingerprint density at radius 3 is 2.26 bits per heavy atom. The van der Waals surface area contributed by atoms with Crippen LogP contribution in [0.2, 0.25) is 0 Å². The molecule has 0 aromatic heterocycles. The minimum absolute atomic E-state index is 0.0147. The van der Waals surface area contributed by atoms with Gasteiger partial charge < -0.3 is 26.0 Å². The summed E-state index contributed by atoms with van der Waals surface area (Å²) in [6, 6.07) is 6.51. The summed E-state index contributed by atoms with van der Waals surface area (Å²) in [7, 11) is 0. The highest BCUT2D eigenvalue weighted by molar-refractivity contribution is 5.92. The van der Waals surface area contributed by atoms with Crippen LogP contribution < -0.4 is 16.4 Å². The van der Waals surface area contributed by atoms with Gasteiger partial charge in [-0.1, -0.05) is 12.1 Å². The lowest BCUT2D eigenvalue weighted by molar-refractivity contribution is 0.0201. The van der Waals surface area contributed by atoms with E-state index in [0.29, 0.717) is 38.0 Å². The molecular weight excluding hydrogens is 348 g/mol. The Labute approximate surface area is 159 Å². The Kier molecular flexibility index (Phi) is 6.65. The summed E-state index contributed by atoms with van der Waals surface area (Å²) in [6.45, 7) is 6.96. The average Bonchev–Trinajstić information content (AvgIpc) is 2.59. The van der Waals surface area contributed by atoms with E-state index in [9.17, 15) is 14.4 Å². The molecule has 148 valence electrons. The lowest BCUT2D eigenvalue weighted by Crippen LogP contribution is -2.49. The summed E-state index contributed by atoms with van der Waals surface area (Å²) in [4.78, 5) is 36.8. The van der Waals surface area contributed by atoms with Gasteiger partial charge in [-0.05, 0) is 51.3 Å². The number of hydrogen-bond acceptors (Lipinski definition) is 4. The molecule has 1 aliphatic heterocycles. The van der Waals surface area contributed by atoms with Gasteiger partial charge in [-0.15, -0.1) is 0 Å². The summed E-state index contributed by atoms with van der Waals surface area (Å²) in [5, 5.41) is 5.71. The smallest absolute Gasteiger partial charge is 0.410 e. The number of piperidine rings is 1. The van der Waals surface area contributed by atoms with E-state index in [1.54, 1.807) is 29.2 Å². The van der Waals surface area contributed by atoms with Crippen molar-refractivity contribution in [3.8, 4) is 0 Å². The first-order valence-corrected chi connectivity index (χ1v) is 9.05. The number of nitrogens with one attached hydrogen (secondary N) is 2. The van der Waals surface area contributed by atoms with Crippen molar-refractivity contribution in [1.82, 2.24) is 15.5 Å². The lowest BCUT2D eigenvalue weighted by atomic mass is 10.1. The first-order valence-electron chi connectivity index (χ1n) is 9.05. The first kappa shape index (κ1) is 20.5. The van der Waals surface area contributed by atoms with Crippen LogP contribution in [0, 0.1) is 0 Å². The predicted molar refractivity (Wildman–Crippen MR) is 101 cm³/mol. The Morgan fingerprint density at radius 2 is 1.74 bits per heavy atom. The minimum atomic E-state index is -0.512. The largest absolute Gasteiger partial charge is 0.444 e. The Hall–Kier alpha value is -2.77. The number of amides is 4. The van der Waals surface area contributed by atoms with Crippen LogP contribution in [0.3, 0.4) is 0 Å². The van der Waals surface area contributed by atoms with Crippen molar-refractivity contribution in [2.75, 3.05) is 13.1 Å². The van der Waals surface area contributed by atoms with Crippen LogP contribution in [-0.4, -0.2) is 47.7 Å². The Morgan fingerprint density at radius 1 is 1.15 bits per heavy atom. The molecule has 0 aliphatic carbocycles. The first-order chi connectivity index (χ1) is 12.6. The zero-order chi connectivity index (χ0) is 20.0. The quantitative estimate of drug-likeness (QED) is 0.745. The van der Waals surface area contributed by atoms with Crippen molar-refractivity contribution in [3.63, 3.8) is 0 Å². The molecule has 0 unspecified atom stereocenters. The molecule has 1 saturated heterocycles. The molecule has 4 amide bonds. The maximum absolute atomic E-state index is 12.1. The zero-order valence-electron chi connectivity index (χ0n) is 16.1. The van der Waals surface area contributed by atoms with E-state index >= 15 is 0 Å². The summed E-state index contributed by atoms with van der Waals surface area (Å²) in [5.41, 5.74) is 5.99. The van der Waals surface area contributed by atoms with E-state index in [1.807, 2.05) is 20.8 Å². The monoisotopic (exact) mass is 376 g/mol. The van der Waals surface area contributed by atoms with E-state index in [2.05, 4.69) is 10.6 Å². The summed E-state index contributed by atoms with van der Waals surface area (Å²) < 4.78 is 5.36. The molecule has 2 rings (SSSR count). The van der Waals surface area contributed by atoms with Crippen LogP contribution in [0.15, 0.2) is 24.3 Å². The van der Waals surface area contributed by atoms with Crippen molar-refractivity contribution >= 4 is 18.0 Å². The summed E-state index contributed by atoms with van der Waals surface area (Å²) in [5.74, 6) is -0.482. The molecule has 1 aromatic carbocycles. The minimum Gasteiger partial charge on any atom is -0.444 e. The number of hydrogen-bond donors (Lipinski definition) is 3. The van der Waals surface area contributed by atoms with Crippen molar-refractivity contribution < 1.29 is 19.1 Å². The summed E-state index contributed by atoms with van der Waals surface area (Å²) >= 11 is 0. The van der Waals surface area contributed by atoms with Crippen molar-refractivity contribution in [3.05, 3.63) is 35.4 Å². The van der Waals surface area contributed by atoms with Gasteiger partial charge in [-0.2, -0.15) is 0 Å². The molecule has 0 bridgehead atoms. The third-order valence-corrected chi connectivity index (χ3v) is 4.17. The molecule has 4 N–H and O–H groups in total. The summed E-state index contributed by atoms with van der Waals surface area (Å²) in [6.07, 6.45) is 1.05. The van der Waals surface area contributed by atoms with Crippen molar-refractivity contribution in [2.24, 2.45) is 5.73 Å². The van der Waals surface area contributed by atoms with E-state index in [1.165, 1.54) is 0 Å². The standard InChI is InChI=1S/C19H28N4O4/c1-19(2,3)27-18(26)23-10-8-15(9-11-23)22-17(25)21-12-13-4-6-14(7-5-13)16(20)24/h4-7,15H,8-12H2,1-3H3,(H2,20,24)(H2,21,22,25). The number of nitrogens with zero attached hydrogens (tertiary/aromatic N) is 1. The molecule has 0 spiro atoms. The fourth-order valence-electron chi connectivity index (χ4n) is 2.74. The lowest BCUT2D eigenvalue weighted by Gasteiger charge is -2.33. The van der Waals surface area contributed by atoms with Gasteiger partial charge in [-0.3, -0.25) is 4.79 Å². The van der Waals surface area contributed by atoms with E-state index in [4.69, 9.17) is 10.5 Å². The van der Waals surface area contributed by atoms with Gasteiger partial charge in [0.15, 0.2) is 0 Å². The third kappa shape index (κ3) is 6.80. The van der Waals surface area contributed by atoms with Gasteiger partial charge in [0.1, 0.15) is 5.60 Å². The number of rotatable bonds is 4. The molecule has 27 heavy (non-hydrogen) atoms. The number of urea groups is 1. The van der Waals surface area contributed by atoms with Crippen LogP contribution in [0.25, 0.3) is 0 Å². The maximum atomic E-state index is 12.1. The molecule has 0 radical (unpaired) electrons. The van der Waals surface area contributed by atoms with Crippen LogP contribution >= 0.6 is 0 Å². The highest BCUT2D eigenvalue weighted by Crippen LogP contribution is 2.15. The zero-order valence-corrected chi connectivity index (χ0v) is 16.1. The van der Waals surface area contributed by atoms with Gasteiger partial charge in [0.2, 0.25) is 5.91 Å². The van der Waals surface area contributed by atoms with Gasteiger partial charge in [0.05, 0.1) is 0 Å². The molecule has 1 aliphatic rings. The van der Waals surface area contributed by atoms with Crippen LogP contribution in [0.5, 0.6) is 0 Å². The van der Waals surface area contributed by atoms with Crippen LogP contribution in [0.4, 0.5) is 9.59 Å². The SMILES string of the molecule is CC(C)(C)OC(=O)N1CCC(NC(=O)NCc2ccc(C(N)=O)cc2)CC1. The Balaban J connectivity index is 1.71. The number of benzene rings is 1. The number of carbonyl (C=O) groups is 3. The van der Waals surface area contributed by atoms with Crippen molar-refractivity contribution in [1.29, 1.82) is 0 Å². The third-order valence-electron chi connectivity index (χ3n) is 4.17. The van der Waals surface area contributed by atoms with E-state index in [-0.39, 0.29) is 18.2 Å². The molecule has 1 fully saturated rings. The average molecular weight is 376 g/mol. The molecule has 1 heterocycles. The van der Waals surface area contributed by atoms with Gasteiger partial charge >= 0.3 is 12.1 Å². The van der Waals surface area contributed by atoms with Gasteiger partial charge in [0.25, 0.3) is 0 Å².